The molecule has 1 aliphatic heterocycles. The highest BCUT2D eigenvalue weighted by Gasteiger charge is 2.29. The molecule has 1 saturated heterocycles. The van der Waals surface area contributed by atoms with Crippen molar-refractivity contribution in [1.29, 1.82) is 5.26 Å². The summed E-state index contributed by atoms with van der Waals surface area (Å²) in [7, 11) is -3.12. The Morgan fingerprint density at radius 2 is 1.79 bits per heavy atom. The average molecular weight is 287 g/mol. The molecule has 0 aromatic carbocycles. The Hall–Kier alpha value is -0.640. The first kappa shape index (κ1) is 16.4. The van der Waals surface area contributed by atoms with Crippen molar-refractivity contribution in [2.45, 2.75) is 39.7 Å². The maximum Gasteiger partial charge on any atom is 0.214 e. The molecule has 0 spiro atoms. The summed E-state index contributed by atoms with van der Waals surface area (Å²) in [5.74, 6) is 0.638. The predicted octanol–water partition coefficient (Wildman–Crippen LogP) is 1.28. The lowest BCUT2D eigenvalue weighted by molar-refractivity contribution is 0.159. The number of hydrogen-bond acceptors (Lipinski definition) is 4. The van der Waals surface area contributed by atoms with Gasteiger partial charge in [0, 0.05) is 26.2 Å². The van der Waals surface area contributed by atoms with Crippen molar-refractivity contribution in [2.24, 2.45) is 5.92 Å². The molecule has 0 bridgehead atoms. The van der Waals surface area contributed by atoms with E-state index in [0.717, 1.165) is 6.42 Å². The van der Waals surface area contributed by atoms with Crippen LogP contribution in [0.3, 0.4) is 0 Å². The van der Waals surface area contributed by atoms with Crippen molar-refractivity contribution < 1.29 is 8.42 Å². The Labute approximate surface area is 117 Å². The molecule has 5 nitrogen and oxygen atoms in total. The van der Waals surface area contributed by atoms with Crippen molar-refractivity contribution in [2.75, 3.05) is 31.9 Å². The van der Waals surface area contributed by atoms with Gasteiger partial charge >= 0.3 is 0 Å². The van der Waals surface area contributed by atoms with E-state index in [0.29, 0.717) is 38.5 Å². The van der Waals surface area contributed by atoms with Crippen LogP contribution in [0.1, 0.15) is 33.6 Å². The predicted molar refractivity (Wildman–Crippen MR) is 76.1 cm³/mol. The molecule has 1 unspecified atom stereocenters. The average Bonchev–Trinajstić information content (AvgIpc) is 2.39. The molecule has 0 radical (unpaired) electrons. The van der Waals surface area contributed by atoms with Crippen LogP contribution in [0.25, 0.3) is 0 Å². The minimum Gasteiger partial charge on any atom is -0.285 e. The number of nitrogens with zero attached hydrogens (tertiary/aromatic N) is 3. The zero-order valence-corrected chi connectivity index (χ0v) is 13.0. The van der Waals surface area contributed by atoms with E-state index in [9.17, 15) is 8.42 Å². The van der Waals surface area contributed by atoms with Crippen molar-refractivity contribution in [3.05, 3.63) is 0 Å². The number of rotatable bonds is 6. The van der Waals surface area contributed by atoms with Crippen LogP contribution < -0.4 is 0 Å². The summed E-state index contributed by atoms with van der Waals surface area (Å²) in [4.78, 5) is 2.08. The van der Waals surface area contributed by atoms with Crippen molar-refractivity contribution in [3.63, 3.8) is 0 Å². The molecule has 0 aromatic heterocycles. The highest BCUT2D eigenvalue weighted by molar-refractivity contribution is 7.89. The van der Waals surface area contributed by atoms with Gasteiger partial charge in [-0.1, -0.05) is 20.8 Å². The zero-order valence-electron chi connectivity index (χ0n) is 12.2. The first-order valence-electron chi connectivity index (χ1n) is 7.02. The maximum absolute atomic E-state index is 12.1. The minimum atomic E-state index is -3.12. The number of hydrogen-bond donors (Lipinski definition) is 0. The van der Waals surface area contributed by atoms with Gasteiger partial charge in [-0.3, -0.25) is 4.90 Å². The molecule has 1 atom stereocenters. The first-order valence-corrected chi connectivity index (χ1v) is 8.63. The topological polar surface area (TPSA) is 64.4 Å². The van der Waals surface area contributed by atoms with Gasteiger partial charge in [0.25, 0.3) is 0 Å². The van der Waals surface area contributed by atoms with Gasteiger partial charge in [0.05, 0.1) is 17.9 Å². The zero-order chi connectivity index (χ0) is 14.5. The lowest BCUT2D eigenvalue weighted by Crippen LogP contribution is -2.52. The van der Waals surface area contributed by atoms with E-state index >= 15 is 0 Å². The van der Waals surface area contributed by atoms with Gasteiger partial charge in [0.1, 0.15) is 0 Å². The summed E-state index contributed by atoms with van der Waals surface area (Å²) >= 11 is 0. The summed E-state index contributed by atoms with van der Waals surface area (Å²) in [6.45, 7) is 8.40. The molecule has 0 N–H and O–H groups in total. The van der Waals surface area contributed by atoms with Crippen LogP contribution in [-0.2, 0) is 10.0 Å². The molecule has 0 aliphatic carbocycles. The Bertz CT molecular complexity index is 406. The van der Waals surface area contributed by atoms with E-state index in [4.69, 9.17) is 5.26 Å². The fraction of sp³-hybridized carbons (Fsp3) is 0.923. The van der Waals surface area contributed by atoms with Crippen LogP contribution in [-0.4, -0.2) is 55.6 Å². The highest BCUT2D eigenvalue weighted by Crippen LogP contribution is 2.14. The number of nitriles is 1. The molecule has 110 valence electrons. The third-order valence-electron chi connectivity index (χ3n) is 3.60. The second-order valence-corrected chi connectivity index (χ2v) is 7.58. The van der Waals surface area contributed by atoms with Gasteiger partial charge in [-0.2, -0.15) is 9.57 Å². The van der Waals surface area contributed by atoms with Gasteiger partial charge in [-0.15, -0.1) is 0 Å². The van der Waals surface area contributed by atoms with Crippen LogP contribution in [0.2, 0.25) is 0 Å². The normalized spacial score (nSPS) is 20.4. The third kappa shape index (κ3) is 4.75. The fourth-order valence-corrected chi connectivity index (χ4v) is 3.99. The van der Waals surface area contributed by atoms with Crippen LogP contribution in [0, 0.1) is 17.2 Å². The summed E-state index contributed by atoms with van der Waals surface area (Å²) in [6.07, 6.45) is 1.49. The SMILES string of the molecule is CCC(C#N)N1CCN(S(=O)(=O)CCC(C)C)CC1. The highest BCUT2D eigenvalue weighted by atomic mass is 32.2. The van der Waals surface area contributed by atoms with Gasteiger partial charge in [0.15, 0.2) is 0 Å². The van der Waals surface area contributed by atoms with Gasteiger partial charge in [-0.25, -0.2) is 8.42 Å². The maximum atomic E-state index is 12.1. The smallest absolute Gasteiger partial charge is 0.214 e. The van der Waals surface area contributed by atoms with Gasteiger partial charge < -0.3 is 0 Å². The molecule has 6 heteroatoms. The largest absolute Gasteiger partial charge is 0.285 e. The Morgan fingerprint density at radius 3 is 2.21 bits per heavy atom. The minimum absolute atomic E-state index is 0.0829. The van der Waals surface area contributed by atoms with Crippen molar-refractivity contribution >= 4 is 10.0 Å². The summed E-state index contributed by atoms with van der Waals surface area (Å²) in [6, 6.07) is 2.19. The number of sulfonamides is 1. The lowest BCUT2D eigenvalue weighted by Gasteiger charge is -2.36. The Kier molecular flexibility index (Phi) is 6.24. The standard InChI is InChI=1S/C13H25N3O2S/c1-4-13(11-14)15-6-8-16(9-7-15)19(17,18)10-5-12(2)3/h12-13H,4-10H2,1-3H3. The van der Waals surface area contributed by atoms with Crippen LogP contribution in [0.15, 0.2) is 0 Å². The summed E-state index contributed by atoms with van der Waals surface area (Å²) < 4.78 is 25.9. The molecule has 1 aliphatic rings. The molecule has 1 fully saturated rings. The Balaban J connectivity index is 2.51. The van der Waals surface area contributed by atoms with E-state index < -0.39 is 10.0 Å². The second-order valence-electron chi connectivity index (χ2n) is 5.49. The second kappa shape index (κ2) is 7.22. The fourth-order valence-electron chi connectivity index (χ4n) is 2.24. The molecule has 19 heavy (non-hydrogen) atoms. The van der Waals surface area contributed by atoms with E-state index in [1.807, 2.05) is 20.8 Å². The lowest BCUT2D eigenvalue weighted by atomic mass is 10.2. The molecule has 0 saturated carbocycles. The van der Waals surface area contributed by atoms with Crippen LogP contribution in [0.4, 0.5) is 0 Å². The van der Waals surface area contributed by atoms with Crippen molar-refractivity contribution in [1.82, 2.24) is 9.21 Å². The monoisotopic (exact) mass is 287 g/mol. The first-order chi connectivity index (χ1) is 8.90. The summed E-state index contributed by atoms with van der Waals surface area (Å²) in [5, 5.41) is 9.03. The van der Waals surface area contributed by atoms with Gasteiger partial charge in [0.2, 0.25) is 10.0 Å². The third-order valence-corrected chi connectivity index (χ3v) is 5.50. The van der Waals surface area contributed by atoms with E-state index in [1.165, 1.54) is 0 Å². The molecule has 1 rings (SSSR count). The van der Waals surface area contributed by atoms with Crippen molar-refractivity contribution in [3.8, 4) is 6.07 Å². The van der Waals surface area contributed by atoms with Crippen LogP contribution >= 0.6 is 0 Å². The van der Waals surface area contributed by atoms with E-state index in [1.54, 1.807) is 4.31 Å². The molecular weight excluding hydrogens is 262 g/mol. The van der Waals surface area contributed by atoms with E-state index in [-0.39, 0.29) is 11.8 Å². The molecule has 0 aromatic rings. The molecular formula is C13H25N3O2S. The summed E-state index contributed by atoms with van der Waals surface area (Å²) in [5.41, 5.74) is 0. The van der Waals surface area contributed by atoms with Gasteiger partial charge in [-0.05, 0) is 18.8 Å². The van der Waals surface area contributed by atoms with Crippen LogP contribution in [0.5, 0.6) is 0 Å². The quantitative estimate of drug-likeness (QED) is 0.738. The Morgan fingerprint density at radius 1 is 1.21 bits per heavy atom. The molecule has 0 amide bonds. The number of piperazine rings is 1. The molecule has 1 heterocycles. The van der Waals surface area contributed by atoms with E-state index in [2.05, 4.69) is 11.0 Å².